The van der Waals surface area contributed by atoms with Crippen LogP contribution in [0.1, 0.15) is 22.0 Å². The van der Waals surface area contributed by atoms with Gasteiger partial charge in [0.1, 0.15) is 5.15 Å². The van der Waals surface area contributed by atoms with Crippen LogP contribution in [0.5, 0.6) is 0 Å². The van der Waals surface area contributed by atoms with Crippen LogP contribution < -0.4 is 4.90 Å². The molecule has 2 heterocycles. The van der Waals surface area contributed by atoms with Crippen molar-refractivity contribution in [2.24, 2.45) is 0 Å². The lowest BCUT2D eigenvalue weighted by Gasteiger charge is -2.37. The summed E-state index contributed by atoms with van der Waals surface area (Å²) in [5.74, 6) is -0.248. The highest BCUT2D eigenvalue weighted by molar-refractivity contribution is 7.99. The Balaban J connectivity index is 1.58. The maximum Gasteiger partial charge on any atom is 0.341 e. The van der Waals surface area contributed by atoms with Gasteiger partial charge in [-0.3, -0.25) is 9.69 Å². The van der Waals surface area contributed by atoms with Crippen LogP contribution in [0.4, 0.5) is 5.69 Å². The quantitative estimate of drug-likeness (QED) is 0.446. The SMILES string of the molecule is O=C(OCC(=O)N1c2ccccc2SCC1c1ccccc1)c1cccnc1Cl. The molecule has 1 aromatic heterocycles. The fourth-order valence-electron chi connectivity index (χ4n) is 3.23. The minimum absolute atomic E-state index is 0.0480. The number of nitrogens with zero attached hydrogens (tertiary/aromatic N) is 2. The van der Waals surface area contributed by atoms with E-state index in [-0.39, 0.29) is 29.3 Å². The first-order valence-corrected chi connectivity index (χ1v) is 10.4. The zero-order valence-corrected chi connectivity index (χ0v) is 16.9. The van der Waals surface area contributed by atoms with Crippen molar-refractivity contribution in [1.29, 1.82) is 0 Å². The van der Waals surface area contributed by atoms with E-state index in [0.717, 1.165) is 21.9 Å². The van der Waals surface area contributed by atoms with E-state index < -0.39 is 5.97 Å². The van der Waals surface area contributed by atoms with Crippen molar-refractivity contribution >= 4 is 40.9 Å². The lowest BCUT2D eigenvalue weighted by molar-refractivity contribution is -0.122. The van der Waals surface area contributed by atoms with Crippen molar-refractivity contribution in [2.75, 3.05) is 17.3 Å². The number of pyridine rings is 1. The van der Waals surface area contributed by atoms with Crippen molar-refractivity contribution in [3.8, 4) is 0 Å². The molecule has 1 aliphatic rings. The molecule has 0 bridgehead atoms. The van der Waals surface area contributed by atoms with Gasteiger partial charge in [0, 0.05) is 16.8 Å². The second-order valence-electron chi connectivity index (χ2n) is 6.39. The number of ether oxygens (including phenoxy) is 1. The smallest absolute Gasteiger partial charge is 0.341 e. The van der Waals surface area contributed by atoms with E-state index in [1.165, 1.54) is 12.3 Å². The molecule has 1 amide bonds. The van der Waals surface area contributed by atoms with E-state index in [0.29, 0.717) is 0 Å². The number of halogens is 1. The van der Waals surface area contributed by atoms with Gasteiger partial charge in [0.25, 0.3) is 5.91 Å². The summed E-state index contributed by atoms with van der Waals surface area (Å²) < 4.78 is 5.26. The summed E-state index contributed by atoms with van der Waals surface area (Å²) in [6.45, 7) is -0.383. The fourth-order valence-corrected chi connectivity index (χ4v) is 4.60. The van der Waals surface area contributed by atoms with E-state index in [9.17, 15) is 9.59 Å². The number of carbonyl (C=O) groups excluding carboxylic acids is 2. The minimum Gasteiger partial charge on any atom is -0.452 e. The molecule has 0 radical (unpaired) electrons. The Hall–Kier alpha value is -2.83. The molecule has 0 aliphatic carbocycles. The van der Waals surface area contributed by atoms with Crippen molar-refractivity contribution in [1.82, 2.24) is 4.98 Å². The number of carbonyl (C=O) groups is 2. The van der Waals surface area contributed by atoms with Crippen LogP contribution >= 0.6 is 23.4 Å². The first kappa shape index (κ1) is 19.5. The number of benzene rings is 2. The third-order valence-corrected chi connectivity index (χ3v) is 6.03. The van der Waals surface area contributed by atoms with E-state index in [4.69, 9.17) is 16.3 Å². The van der Waals surface area contributed by atoms with Crippen LogP contribution in [0.15, 0.2) is 77.8 Å². The molecule has 1 atom stereocenters. The molecule has 1 aliphatic heterocycles. The largest absolute Gasteiger partial charge is 0.452 e. The summed E-state index contributed by atoms with van der Waals surface area (Å²) in [4.78, 5) is 32.1. The number of hydrogen-bond donors (Lipinski definition) is 0. The summed E-state index contributed by atoms with van der Waals surface area (Å²) in [7, 11) is 0. The lowest BCUT2D eigenvalue weighted by atomic mass is 10.1. The number of para-hydroxylation sites is 1. The van der Waals surface area contributed by atoms with E-state index in [1.807, 2.05) is 54.6 Å². The molecule has 1 unspecified atom stereocenters. The van der Waals surface area contributed by atoms with Crippen LogP contribution in [-0.4, -0.2) is 29.2 Å². The summed E-state index contributed by atoms with van der Waals surface area (Å²) in [5.41, 5.74) is 1.98. The number of rotatable bonds is 4. The molecular formula is C22H17ClN2O3S. The van der Waals surface area contributed by atoms with Crippen LogP contribution in [0.3, 0.4) is 0 Å². The molecule has 3 aromatic rings. The maximum absolute atomic E-state index is 13.2. The maximum atomic E-state index is 13.2. The Bertz CT molecular complexity index is 1040. The molecule has 0 saturated heterocycles. The molecule has 0 spiro atoms. The van der Waals surface area contributed by atoms with Gasteiger partial charge in [-0.15, -0.1) is 11.8 Å². The van der Waals surface area contributed by atoms with Crippen LogP contribution in [-0.2, 0) is 9.53 Å². The number of hydrogen-bond acceptors (Lipinski definition) is 5. The van der Waals surface area contributed by atoms with E-state index >= 15 is 0 Å². The third kappa shape index (κ3) is 4.13. The highest BCUT2D eigenvalue weighted by Gasteiger charge is 2.33. The third-order valence-electron chi connectivity index (χ3n) is 4.59. The van der Waals surface area contributed by atoms with Crippen LogP contribution in [0.2, 0.25) is 5.15 Å². The summed E-state index contributed by atoms with van der Waals surface area (Å²) in [6.07, 6.45) is 1.48. The second-order valence-corrected chi connectivity index (χ2v) is 7.81. The molecule has 146 valence electrons. The first-order chi connectivity index (χ1) is 14.1. The second kappa shape index (κ2) is 8.68. The highest BCUT2D eigenvalue weighted by atomic mass is 35.5. The summed E-state index contributed by atoms with van der Waals surface area (Å²) in [6, 6.07) is 20.6. The predicted molar refractivity (Wildman–Crippen MR) is 113 cm³/mol. The van der Waals surface area contributed by atoms with Gasteiger partial charge in [-0.25, -0.2) is 9.78 Å². The van der Waals surface area contributed by atoms with Gasteiger partial charge < -0.3 is 4.74 Å². The fraction of sp³-hybridized carbons (Fsp3) is 0.136. The predicted octanol–water partition coefficient (Wildman–Crippen LogP) is 4.77. The zero-order chi connectivity index (χ0) is 20.2. The Kier molecular flexibility index (Phi) is 5.83. The monoisotopic (exact) mass is 424 g/mol. The number of esters is 1. The van der Waals surface area contributed by atoms with Gasteiger partial charge in [0.05, 0.1) is 17.3 Å². The minimum atomic E-state index is -0.674. The van der Waals surface area contributed by atoms with E-state index in [1.54, 1.807) is 22.7 Å². The van der Waals surface area contributed by atoms with Crippen molar-refractivity contribution in [3.63, 3.8) is 0 Å². The van der Waals surface area contributed by atoms with Gasteiger partial charge in [-0.1, -0.05) is 54.1 Å². The Morgan fingerprint density at radius 1 is 1.07 bits per heavy atom. The van der Waals surface area contributed by atoms with Gasteiger partial charge in [-0.2, -0.15) is 0 Å². The molecular weight excluding hydrogens is 408 g/mol. The Morgan fingerprint density at radius 2 is 1.83 bits per heavy atom. The molecule has 0 fully saturated rings. The molecule has 5 nitrogen and oxygen atoms in total. The van der Waals surface area contributed by atoms with Gasteiger partial charge in [-0.05, 0) is 29.8 Å². The molecule has 29 heavy (non-hydrogen) atoms. The number of amides is 1. The van der Waals surface area contributed by atoms with Gasteiger partial charge in [0.2, 0.25) is 0 Å². The Labute approximate surface area is 177 Å². The summed E-state index contributed by atoms with van der Waals surface area (Å²) in [5, 5.41) is 0.0480. The number of anilines is 1. The molecule has 0 N–H and O–H groups in total. The van der Waals surface area contributed by atoms with Crippen LogP contribution in [0.25, 0.3) is 0 Å². The first-order valence-electron chi connectivity index (χ1n) is 9.01. The molecule has 0 saturated carbocycles. The van der Waals surface area contributed by atoms with Crippen molar-refractivity contribution < 1.29 is 14.3 Å². The topological polar surface area (TPSA) is 59.5 Å². The molecule has 7 heteroatoms. The Morgan fingerprint density at radius 3 is 2.62 bits per heavy atom. The van der Waals surface area contributed by atoms with Crippen molar-refractivity contribution in [3.05, 3.63) is 89.2 Å². The highest BCUT2D eigenvalue weighted by Crippen LogP contribution is 2.43. The van der Waals surface area contributed by atoms with Gasteiger partial charge in [0.15, 0.2) is 6.61 Å². The van der Waals surface area contributed by atoms with E-state index in [2.05, 4.69) is 4.98 Å². The number of thioether (sulfide) groups is 1. The average molecular weight is 425 g/mol. The number of fused-ring (bicyclic) bond motifs is 1. The molecule has 2 aromatic carbocycles. The lowest BCUT2D eigenvalue weighted by Crippen LogP contribution is -2.41. The van der Waals surface area contributed by atoms with Crippen LogP contribution in [0, 0.1) is 0 Å². The van der Waals surface area contributed by atoms with Crippen molar-refractivity contribution in [2.45, 2.75) is 10.9 Å². The zero-order valence-electron chi connectivity index (χ0n) is 15.3. The summed E-state index contributed by atoms with van der Waals surface area (Å²) >= 11 is 7.65. The van der Waals surface area contributed by atoms with Gasteiger partial charge >= 0.3 is 5.97 Å². The normalized spacial score (nSPS) is 15.5. The average Bonchev–Trinajstić information content (AvgIpc) is 2.77. The molecule has 4 rings (SSSR count). The number of aromatic nitrogens is 1. The standard InChI is InChI=1S/C22H17ClN2O3S/c23-21-16(9-6-12-24-21)22(27)28-13-20(26)25-17-10-4-5-11-19(17)29-14-18(25)15-7-2-1-3-8-15/h1-12,18H,13-14H2.